The fraction of sp³-hybridized carbons (Fsp3) is 0.438. The van der Waals surface area contributed by atoms with Gasteiger partial charge < -0.3 is 5.73 Å². The molecule has 2 aliphatic carbocycles. The first-order valence-electron chi connectivity index (χ1n) is 6.69. The van der Waals surface area contributed by atoms with Gasteiger partial charge in [-0.3, -0.25) is 4.79 Å². The van der Waals surface area contributed by atoms with Crippen LogP contribution in [0.15, 0.2) is 47.6 Å². The van der Waals surface area contributed by atoms with Crippen molar-refractivity contribution >= 4 is 5.78 Å². The predicted molar refractivity (Wildman–Crippen MR) is 75.0 cm³/mol. The molecule has 0 amide bonds. The normalized spacial score (nSPS) is 30.2. The predicted octanol–water partition coefficient (Wildman–Crippen LogP) is 2.93. The van der Waals surface area contributed by atoms with Crippen LogP contribution in [0.2, 0.25) is 0 Å². The first-order valence-corrected chi connectivity index (χ1v) is 6.69. The van der Waals surface area contributed by atoms with Crippen molar-refractivity contribution in [3.8, 4) is 0 Å². The van der Waals surface area contributed by atoms with Gasteiger partial charge in [-0.15, -0.1) is 0 Å². The zero-order chi connectivity index (χ0) is 13.0. The van der Waals surface area contributed by atoms with E-state index in [-0.39, 0.29) is 5.78 Å². The molecular weight excluding hydrogens is 222 g/mol. The van der Waals surface area contributed by atoms with Crippen LogP contribution in [-0.4, -0.2) is 12.3 Å². The Labute approximate surface area is 109 Å². The summed E-state index contributed by atoms with van der Waals surface area (Å²) in [5.41, 5.74) is 7.60. The molecule has 0 spiro atoms. The van der Waals surface area contributed by atoms with E-state index < -0.39 is 0 Å². The van der Waals surface area contributed by atoms with Crippen molar-refractivity contribution in [1.29, 1.82) is 0 Å². The number of ketones is 1. The van der Waals surface area contributed by atoms with E-state index in [1.807, 2.05) is 12.2 Å². The second-order valence-corrected chi connectivity index (χ2v) is 5.19. The van der Waals surface area contributed by atoms with Crippen molar-refractivity contribution in [2.24, 2.45) is 17.6 Å². The van der Waals surface area contributed by atoms with E-state index in [0.717, 1.165) is 19.3 Å². The maximum Gasteiger partial charge on any atom is 0.182 e. The Bertz CT molecular complexity index is 440. The number of hydrogen-bond donors (Lipinski definition) is 1. The van der Waals surface area contributed by atoms with Crippen molar-refractivity contribution in [2.45, 2.75) is 26.2 Å². The molecule has 96 valence electrons. The third-order valence-electron chi connectivity index (χ3n) is 3.79. The summed E-state index contributed by atoms with van der Waals surface area (Å²) in [6, 6.07) is 0. The van der Waals surface area contributed by atoms with Crippen LogP contribution in [0.25, 0.3) is 0 Å². The average molecular weight is 243 g/mol. The Morgan fingerprint density at radius 2 is 2.28 bits per heavy atom. The van der Waals surface area contributed by atoms with Crippen LogP contribution in [-0.2, 0) is 4.79 Å². The van der Waals surface area contributed by atoms with Gasteiger partial charge in [0.1, 0.15) is 0 Å². The van der Waals surface area contributed by atoms with Crippen molar-refractivity contribution in [1.82, 2.24) is 0 Å². The lowest BCUT2D eigenvalue weighted by molar-refractivity contribution is -0.111. The molecule has 2 rings (SSSR count). The van der Waals surface area contributed by atoms with Gasteiger partial charge >= 0.3 is 0 Å². The minimum atomic E-state index is 0.0547. The Hall–Kier alpha value is -1.41. The summed E-state index contributed by atoms with van der Waals surface area (Å²) in [6.07, 6.45) is 15.3. The lowest BCUT2D eigenvalue weighted by atomic mass is 9.86. The van der Waals surface area contributed by atoms with E-state index >= 15 is 0 Å². The van der Waals surface area contributed by atoms with Gasteiger partial charge in [0, 0.05) is 12.1 Å². The van der Waals surface area contributed by atoms with Gasteiger partial charge in [0.2, 0.25) is 0 Å². The number of nitrogens with two attached hydrogens (primary N) is 1. The summed E-state index contributed by atoms with van der Waals surface area (Å²) >= 11 is 0. The van der Waals surface area contributed by atoms with Crippen molar-refractivity contribution < 1.29 is 4.79 Å². The molecule has 2 atom stereocenters. The molecule has 0 saturated heterocycles. The third kappa shape index (κ3) is 3.08. The number of carbonyl (C=O) groups excluding carboxylic acids is 1. The van der Waals surface area contributed by atoms with Crippen LogP contribution in [0, 0.1) is 11.8 Å². The van der Waals surface area contributed by atoms with E-state index in [9.17, 15) is 4.79 Å². The first kappa shape index (κ1) is 13.0. The molecule has 2 unspecified atom stereocenters. The van der Waals surface area contributed by atoms with Gasteiger partial charge in [0.05, 0.1) is 0 Å². The fourth-order valence-corrected chi connectivity index (χ4v) is 2.63. The molecule has 0 aliphatic heterocycles. The van der Waals surface area contributed by atoms with E-state index in [0.29, 0.717) is 24.0 Å². The number of rotatable bonds is 1. The Kier molecular flexibility index (Phi) is 4.32. The van der Waals surface area contributed by atoms with Crippen LogP contribution in [0.4, 0.5) is 0 Å². The van der Waals surface area contributed by atoms with Crippen LogP contribution in [0.5, 0.6) is 0 Å². The molecule has 0 aromatic rings. The summed E-state index contributed by atoms with van der Waals surface area (Å²) < 4.78 is 0. The maximum absolute atomic E-state index is 11.9. The largest absolute Gasteiger partial charge is 0.326 e. The smallest absolute Gasteiger partial charge is 0.182 e. The van der Waals surface area contributed by atoms with Crippen molar-refractivity contribution in [3.05, 3.63) is 47.6 Å². The van der Waals surface area contributed by atoms with Gasteiger partial charge in [0.25, 0.3) is 0 Å². The number of carbonyl (C=O) groups is 1. The molecule has 0 aromatic carbocycles. The molecule has 0 radical (unpaired) electrons. The molecule has 2 N–H and O–H groups in total. The Balaban J connectivity index is 2.37. The Morgan fingerprint density at radius 1 is 1.44 bits per heavy atom. The maximum atomic E-state index is 11.9. The second kappa shape index (κ2) is 5.96. The molecule has 2 heteroatoms. The van der Waals surface area contributed by atoms with Crippen LogP contribution >= 0.6 is 0 Å². The van der Waals surface area contributed by atoms with Gasteiger partial charge in [-0.25, -0.2) is 0 Å². The van der Waals surface area contributed by atoms with Gasteiger partial charge in [0.15, 0.2) is 5.78 Å². The zero-order valence-electron chi connectivity index (χ0n) is 10.9. The molecule has 2 aliphatic rings. The minimum absolute atomic E-state index is 0.0547. The zero-order valence-corrected chi connectivity index (χ0v) is 10.9. The van der Waals surface area contributed by atoms with E-state index in [4.69, 9.17) is 5.73 Å². The molecule has 0 aromatic heterocycles. The fourth-order valence-electron chi connectivity index (χ4n) is 2.63. The topological polar surface area (TPSA) is 43.1 Å². The third-order valence-corrected chi connectivity index (χ3v) is 3.79. The number of allylic oxidation sites excluding steroid dienone is 7. The van der Waals surface area contributed by atoms with E-state index in [1.54, 1.807) is 6.08 Å². The van der Waals surface area contributed by atoms with Gasteiger partial charge in [-0.05, 0) is 42.7 Å². The van der Waals surface area contributed by atoms with E-state index in [2.05, 4.69) is 25.2 Å². The summed E-state index contributed by atoms with van der Waals surface area (Å²) in [5.74, 6) is 1.28. The summed E-state index contributed by atoms with van der Waals surface area (Å²) in [4.78, 5) is 11.9. The first-order chi connectivity index (χ1) is 8.70. The molecule has 0 saturated carbocycles. The van der Waals surface area contributed by atoms with Crippen molar-refractivity contribution in [2.75, 3.05) is 6.54 Å². The summed E-state index contributed by atoms with van der Waals surface area (Å²) in [6.45, 7) is 2.59. The number of fused-ring (bicyclic) bond motifs is 3. The highest BCUT2D eigenvalue weighted by Gasteiger charge is 2.18. The highest BCUT2D eigenvalue weighted by molar-refractivity contribution is 6.04. The average Bonchev–Trinajstić information content (AvgIpc) is 2.53. The quantitative estimate of drug-likeness (QED) is 0.769. The summed E-state index contributed by atoms with van der Waals surface area (Å²) in [7, 11) is 0. The van der Waals surface area contributed by atoms with Crippen LogP contribution < -0.4 is 5.73 Å². The lowest BCUT2D eigenvalue weighted by Crippen LogP contribution is -2.12. The highest BCUT2D eigenvalue weighted by Crippen LogP contribution is 2.29. The lowest BCUT2D eigenvalue weighted by Gasteiger charge is -2.19. The highest BCUT2D eigenvalue weighted by atomic mass is 16.1. The van der Waals surface area contributed by atoms with Gasteiger partial charge in [-0.1, -0.05) is 37.3 Å². The van der Waals surface area contributed by atoms with Gasteiger partial charge in [-0.2, -0.15) is 0 Å². The standard InChI is InChI=1S/C16H21NO/c1-12-9-13-5-4-7-14(12)6-2-3-8-16(18)15(10-13)11-17/h3-5,7-8,10,12,14H,2,6,9,11,17H2,1H3/b8-3-,15-10?. The molecule has 0 heterocycles. The van der Waals surface area contributed by atoms with E-state index in [1.165, 1.54) is 5.57 Å². The number of hydrogen-bond acceptors (Lipinski definition) is 2. The van der Waals surface area contributed by atoms with Crippen molar-refractivity contribution in [3.63, 3.8) is 0 Å². The molecule has 2 bridgehead atoms. The Morgan fingerprint density at radius 3 is 3.06 bits per heavy atom. The molecule has 2 nitrogen and oxygen atoms in total. The molecule has 0 fully saturated rings. The monoisotopic (exact) mass is 243 g/mol. The molecular formula is C16H21NO. The van der Waals surface area contributed by atoms with Crippen LogP contribution in [0.3, 0.4) is 0 Å². The second-order valence-electron chi connectivity index (χ2n) is 5.19. The summed E-state index contributed by atoms with van der Waals surface area (Å²) in [5, 5.41) is 0. The SMILES string of the molecule is CC1CC2=CC=CC1CC/C=C\C(=O)C(CN)=C2. The van der Waals surface area contributed by atoms with Crippen LogP contribution in [0.1, 0.15) is 26.2 Å². The minimum Gasteiger partial charge on any atom is -0.326 e. The molecule has 18 heavy (non-hydrogen) atoms.